The summed E-state index contributed by atoms with van der Waals surface area (Å²) in [7, 11) is 0. The van der Waals surface area contributed by atoms with Crippen molar-refractivity contribution in [3.63, 3.8) is 0 Å². The molecule has 53 valence electrons. The Balaban J connectivity index is 0.000000810. The fraction of sp³-hybridized carbons (Fsp3) is 0.500. The van der Waals surface area contributed by atoms with E-state index in [-0.39, 0.29) is 38.8 Å². The van der Waals surface area contributed by atoms with Gasteiger partial charge >= 0.3 is 0 Å². The molecule has 0 saturated carbocycles. The second kappa shape index (κ2) is 5.23. The second-order valence-corrected chi connectivity index (χ2v) is 2.42. The summed E-state index contributed by atoms with van der Waals surface area (Å²) in [5, 5.41) is 8.98. The van der Waals surface area contributed by atoms with Gasteiger partial charge in [-0.15, -0.1) is 0 Å². The number of hydrogen-bond donors (Lipinski definition) is 1. The van der Waals surface area contributed by atoms with Crippen LogP contribution in [-0.2, 0) is 32.7 Å². The van der Waals surface area contributed by atoms with Crippen LogP contribution in [0.15, 0.2) is 18.2 Å². The Labute approximate surface area is 87.1 Å². The Kier molecular flexibility index (Phi) is 5.51. The second-order valence-electron chi connectivity index (χ2n) is 2.42. The Hall–Kier alpha value is 0.544. The van der Waals surface area contributed by atoms with Crippen molar-refractivity contribution in [1.29, 1.82) is 0 Å². The van der Waals surface area contributed by atoms with Crippen LogP contribution in [0.1, 0.15) is 12.8 Å². The summed E-state index contributed by atoms with van der Waals surface area (Å²) in [6.45, 7) is 5.21. The Morgan fingerprint density at radius 3 is 2.70 bits per heavy atom. The topological polar surface area (TPSA) is 20.2 Å². The number of hydrogen-bond acceptors (Lipinski definition) is 1. The minimum absolute atomic E-state index is 0. The van der Waals surface area contributed by atoms with Gasteiger partial charge < -0.3 is 11.7 Å². The maximum absolute atomic E-state index is 8.98. The van der Waals surface area contributed by atoms with Crippen molar-refractivity contribution in [3.05, 3.63) is 24.8 Å². The van der Waals surface area contributed by atoms with Crippen molar-refractivity contribution < 1.29 is 37.8 Å². The van der Waals surface area contributed by atoms with Crippen LogP contribution < -0.4 is 0 Å². The molecule has 0 fully saturated rings. The summed E-state index contributed by atoms with van der Waals surface area (Å²) in [4.78, 5) is 0. The van der Waals surface area contributed by atoms with Crippen molar-refractivity contribution in [2.75, 3.05) is 0 Å². The molecular formula is C8H11OY-. The molecular weight excluding hydrogens is 201 g/mol. The fourth-order valence-corrected chi connectivity index (χ4v) is 1.10. The molecule has 1 radical (unpaired) electrons. The summed E-state index contributed by atoms with van der Waals surface area (Å²) in [6.07, 6.45) is 6.99. The zero-order valence-electron chi connectivity index (χ0n) is 5.90. The maximum Gasteiger partial charge on any atom is 0.0726 e. The van der Waals surface area contributed by atoms with Gasteiger partial charge in [0.05, 0.1) is 6.10 Å². The van der Waals surface area contributed by atoms with Crippen LogP contribution in [0.5, 0.6) is 0 Å². The van der Waals surface area contributed by atoms with Crippen LogP contribution in [0, 0.1) is 12.5 Å². The molecule has 1 N–H and O–H groups in total. The standard InChI is InChI=1S/C8H11O.Y/c1-2-3-7-4-5-8(9)6-7;/h1-2,4-5,7-9H,3,6H2;/q-1;. The van der Waals surface area contributed by atoms with Crippen LogP contribution in [0.3, 0.4) is 0 Å². The zero-order valence-corrected chi connectivity index (χ0v) is 8.74. The molecule has 0 heterocycles. The third-order valence-corrected chi connectivity index (χ3v) is 1.59. The van der Waals surface area contributed by atoms with E-state index in [1.165, 1.54) is 0 Å². The molecule has 10 heavy (non-hydrogen) atoms. The molecule has 0 aromatic rings. The number of aliphatic hydroxyl groups excluding tert-OH is 1. The molecule has 2 heteroatoms. The van der Waals surface area contributed by atoms with Crippen molar-refractivity contribution in [2.24, 2.45) is 5.92 Å². The minimum Gasteiger partial charge on any atom is -0.518 e. The molecule has 0 amide bonds. The van der Waals surface area contributed by atoms with E-state index in [1.54, 1.807) is 6.08 Å². The van der Waals surface area contributed by atoms with Crippen LogP contribution in [0.4, 0.5) is 0 Å². The van der Waals surface area contributed by atoms with Gasteiger partial charge in [-0.2, -0.15) is 0 Å². The van der Waals surface area contributed by atoms with Gasteiger partial charge in [0.25, 0.3) is 0 Å². The van der Waals surface area contributed by atoms with E-state index in [2.05, 4.69) is 0 Å². The van der Waals surface area contributed by atoms with E-state index >= 15 is 0 Å². The molecule has 1 aliphatic carbocycles. The third kappa shape index (κ3) is 3.09. The average Bonchev–Trinajstić information content (AvgIpc) is 2.17. The van der Waals surface area contributed by atoms with Gasteiger partial charge in [0, 0.05) is 32.7 Å². The van der Waals surface area contributed by atoms with E-state index in [9.17, 15) is 0 Å². The van der Waals surface area contributed by atoms with Crippen molar-refractivity contribution in [3.8, 4) is 0 Å². The molecule has 1 rings (SSSR count). The largest absolute Gasteiger partial charge is 0.518 e. The fourth-order valence-electron chi connectivity index (χ4n) is 1.10. The molecule has 1 nitrogen and oxygen atoms in total. The summed E-state index contributed by atoms with van der Waals surface area (Å²) < 4.78 is 0. The summed E-state index contributed by atoms with van der Waals surface area (Å²) in [5.41, 5.74) is 0. The van der Waals surface area contributed by atoms with Crippen molar-refractivity contribution in [2.45, 2.75) is 18.9 Å². The van der Waals surface area contributed by atoms with Crippen LogP contribution in [0.2, 0.25) is 0 Å². The SMILES string of the molecule is [CH-]=CCC1C=CC(O)C1.[Y]. The molecule has 0 spiro atoms. The summed E-state index contributed by atoms with van der Waals surface area (Å²) in [6, 6.07) is 0. The van der Waals surface area contributed by atoms with Crippen LogP contribution >= 0.6 is 0 Å². The average molecular weight is 212 g/mol. The number of allylic oxidation sites excluding steroid dienone is 2. The molecule has 0 aromatic carbocycles. The van der Waals surface area contributed by atoms with Crippen LogP contribution in [0.25, 0.3) is 0 Å². The smallest absolute Gasteiger partial charge is 0.0726 e. The first kappa shape index (κ1) is 10.5. The van der Waals surface area contributed by atoms with E-state index in [0.717, 1.165) is 12.8 Å². The minimum atomic E-state index is -0.227. The van der Waals surface area contributed by atoms with Crippen LogP contribution in [-0.4, -0.2) is 11.2 Å². The molecule has 1 aliphatic rings. The Morgan fingerprint density at radius 2 is 2.30 bits per heavy atom. The van der Waals surface area contributed by atoms with E-state index in [1.807, 2.05) is 12.2 Å². The number of aliphatic hydroxyl groups is 1. The van der Waals surface area contributed by atoms with Gasteiger partial charge in [-0.1, -0.05) is 18.6 Å². The first-order valence-corrected chi connectivity index (χ1v) is 3.22. The van der Waals surface area contributed by atoms with Crippen molar-refractivity contribution in [1.82, 2.24) is 0 Å². The zero-order chi connectivity index (χ0) is 6.69. The molecule has 0 bridgehead atoms. The molecule has 2 unspecified atom stereocenters. The monoisotopic (exact) mass is 212 g/mol. The molecule has 0 saturated heterocycles. The van der Waals surface area contributed by atoms with Gasteiger partial charge in [-0.3, -0.25) is 6.08 Å². The quantitative estimate of drug-likeness (QED) is 0.540. The number of rotatable bonds is 2. The predicted molar refractivity (Wildman–Crippen MR) is 36.7 cm³/mol. The summed E-state index contributed by atoms with van der Waals surface area (Å²) in [5.74, 6) is 0.477. The Bertz CT molecular complexity index is 131. The Morgan fingerprint density at radius 1 is 1.60 bits per heavy atom. The van der Waals surface area contributed by atoms with Gasteiger partial charge in [-0.05, 0) is 12.3 Å². The van der Waals surface area contributed by atoms with E-state index in [0.29, 0.717) is 5.92 Å². The van der Waals surface area contributed by atoms with E-state index in [4.69, 9.17) is 11.7 Å². The molecule has 0 aliphatic heterocycles. The van der Waals surface area contributed by atoms with E-state index < -0.39 is 0 Å². The first-order valence-electron chi connectivity index (χ1n) is 3.22. The third-order valence-electron chi connectivity index (χ3n) is 1.59. The van der Waals surface area contributed by atoms with Gasteiger partial charge in [0.2, 0.25) is 0 Å². The molecule has 0 aromatic heterocycles. The predicted octanol–water partition coefficient (Wildman–Crippen LogP) is 1.30. The normalized spacial score (nSPS) is 29.7. The van der Waals surface area contributed by atoms with Crippen molar-refractivity contribution >= 4 is 0 Å². The van der Waals surface area contributed by atoms with Gasteiger partial charge in [0.15, 0.2) is 0 Å². The molecule has 2 atom stereocenters. The first-order chi connectivity index (χ1) is 4.33. The van der Waals surface area contributed by atoms with Gasteiger partial charge in [-0.25, -0.2) is 0 Å². The maximum atomic E-state index is 8.98. The van der Waals surface area contributed by atoms with Gasteiger partial charge in [0.1, 0.15) is 0 Å². The summed E-state index contributed by atoms with van der Waals surface area (Å²) >= 11 is 0.